The van der Waals surface area contributed by atoms with Crippen molar-refractivity contribution in [1.29, 1.82) is 0 Å². The SMILES string of the molecule is CCO[C@H]1OC(C(=O)NCc2ccccc2)=C[C@@H](c2ccc3c(c2)OCO3)[C@H]1CCCO. The van der Waals surface area contributed by atoms with Gasteiger partial charge >= 0.3 is 0 Å². The highest BCUT2D eigenvalue weighted by atomic mass is 16.7. The molecule has 32 heavy (non-hydrogen) atoms. The Morgan fingerprint density at radius 2 is 1.97 bits per heavy atom. The van der Waals surface area contributed by atoms with Gasteiger partial charge < -0.3 is 29.4 Å². The molecule has 170 valence electrons. The minimum atomic E-state index is -0.593. The van der Waals surface area contributed by atoms with Crippen molar-refractivity contribution < 1.29 is 28.8 Å². The molecule has 0 bridgehead atoms. The first-order chi connectivity index (χ1) is 15.7. The molecule has 2 aromatic carbocycles. The molecular formula is C25H29NO6. The molecule has 2 aliphatic heterocycles. The first kappa shape index (κ1) is 22.2. The van der Waals surface area contributed by atoms with Gasteiger partial charge in [0, 0.05) is 31.6 Å². The van der Waals surface area contributed by atoms with Crippen LogP contribution in [0.3, 0.4) is 0 Å². The molecule has 2 aliphatic rings. The Morgan fingerprint density at radius 3 is 2.75 bits per heavy atom. The van der Waals surface area contributed by atoms with Crippen molar-refractivity contribution in [2.75, 3.05) is 20.0 Å². The van der Waals surface area contributed by atoms with E-state index in [2.05, 4.69) is 5.32 Å². The number of nitrogens with one attached hydrogen (secondary N) is 1. The highest BCUT2D eigenvalue weighted by molar-refractivity contribution is 5.91. The summed E-state index contributed by atoms with van der Waals surface area (Å²) in [6.45, 7) is 3.03. The minimum Gasteiger partial charge on any atom is -0.459 e. The molecule has 7 nitrogen and oxygen atoms in total. The lowest BCUT2D eigenvalue weighted by Gasteiger charge is -2.37. The lowest BCUT2D eigenvalue weighted by atomic mass is 9.80. The zero-order valence-electron chi connectivity index (χ0n) is 18.2. The van der Waals surface area contributed by atoms with Gasteiger partial charge in [0.05, 0.1) is 0 Å². The van der Waals surface area contributed by atoms with Gasteiger partial charge in [-0.25, -0.2) is 0 Å². The first-order valence-corrected chi connectivity index (χ1v) is 11.0. The van der Waals surface area contributed by atoms with Gasteiger partial charge in [0.25, 0.3) is 5.91 Å². The average molecular weight is 440 g/mol. The van der Waals surface area contributed by atoms with Gasteiger partial charge in [-0.1, -0.05) is 36.4 Å². The molecule has 0 aromatic heterocycles. The predicted octanol–water partition coefficient (Wildman–Crippen LogP) is 3.48. The van der Waals surface area contributed by atoms with E-state index in [0.717, 1.165) is 11.1 Å². The number of hydrogen-bond acceptors (Lipinski definition) is 6. The summed E-state index contributed by atoms with van der Waals surface area (Å²) in [6, 6.07) is 15.5. The molecule has 2 heterocycles. The van der Waals surface area contributed by atoms with Crippen LogP contribution in [0.4, 0.5) is 0 Å². The number of benzene rings is 2. The molecule has 1 amide bonds. The van der Waals surface area contributed by atoms with Gasteiger partial charge in [-0.05, 0) is 49.1 Å². The van der Waals surface area contributed by atoms with Crippen LogP contribution in [-0.4, -0.2) is 37.3 Å². The summed E-state index contributed by atoms with van der Waals surface area (Å²) in [6.07, 6.45) is 2.57. The first-order valence-electron chi connectivity index (χ1n) is 11.0. The Balaban J connectivity index is 1.61. The third-order valence-electron chi connectivity index (χ3n) is 5.71. The molecule has 3 atom stereocenters. The molecule has 0 saturated heterocycles. The van der Waals surface area contributed by atoms with Crippen molar-refractivity contribution in [3.8, 4) is 11.5 Å². The molecule has 0 saturated carbocycles. The van der Waals surface area contributed by atoms with Gasteiger partial charge in [-0.2, -0.15) is 0 Å². The molecule has 7 heteroatoms. The quantitative estimate of drug-likeness (QED) is 0.622. The van der Waals surface area contributed by atoms with Crippen LogP contribution < -0.4 is 14.8 Å². The van der Waals surface area contributed by atoms with Crippen molar-refractivity contribution in [3.63, 3.8) is 0 Å². The van der Waals surface area contributed by atoms with Gasteiger partial charge in [0.2, 0.25) is 13.1 Å². The number of fused-ring (bicyclic) bond motifs is 1. The predicted molar refractivity (Wildman–Crippen MR) is 118 cm³/mol. The summed E-state index contributed by atoms with van der Waals surface area (Å²) in [5.41, 5.74) is 1.99. The second-order valence-corrected chi connectivity index (χ2v) is 7.81. The molecule has 0 unspecified atom stereocenters. The topological polar surface area (TPSA) is 86.3 Å². The van der Waals surface area contributed by atoms with Crippen LogP contribution in [0.5, 0.6) is 11.5 Å². The number of carbonyl (C=O) groups is 1. The largest absolute Gasteiger partial charge is 0.459 e. The van der Waals surface area contributed by atoms with Crippen LogP contribution in [0.15, 0.2) is 60.4 Å². The molecular weight excluding hydrogens is 410 g/mol. The lowest BCUT2D eigenvalue weighted by molar-refractivity contribution is -0.166. The van der Waals surface area contributed by atoms with Gasteiger partial charge in [-0.15, -0.1) is 0 Å². The van der Waals surface area contributed by atoms with Crippen LogP contribution in [0.25, 0.3) is 0 Å². The highest BCUT2D eigenvalue weighted by Crippen LogP contribution is 2.42. The van der Waals surface area contributed by atoms with E-state index in [0.29, 0.717) is 37.5 Å². The number of ether oxygens (including phenoxy) is 4. The number of allylic oxidation sites excluding steroid dienone is 1. The van der Waals surface area contributed by atoms with E-state index in [9.17, 15) is 9.90 Å². The van der Waals surface area contributed by atoms with Crippen molar-refractivity contribution in [1.82, 2.24) is 5.32 Å². The summed E-state index contributed by atoms with van der Waals surface area (Å²) in [5, 5.41) is 12.3. The number of aliphatic hydroxyl groups is 1. The number of rotatable bonds is 9. The second-order valence-electron chi connectivity index (χ2n) is 7.81. The standard InChI is InChI=1S/C25H29NO6/c1-2-29-25-19(9-6-12-27)20(18-10-11-21-22(13-18)31-16-30-21)14-23(32-25)24(28)26-15-17-7-4-3-5-8-17/h3-5,7-8,10-11,13-14,19-20,25,27H,2,6,9,12,15-16H2,1H3,(H,26,28)/t19-,20+,25+/m1/s1. The lowest BCUT2D eigenvalue weighted by Crippen LogP contribution is -2.39. The maximum atomic E-state index is 13.0. The van der Waals surface area contributed by atoms with Crippen LogP contribution in [0, 0.1) is 5.92 Å². The smallest absolute Gasteiger partial charge is 0.286 e. The van der Waals surface area contributed by atoms with E-state index in [1.54, 1.807) is 0 Å². The molecule has 0 fully saturated rings. The zero-order chi connectivity index (χ0) is 22.3. The van der Waals surface area contributed by atoms with Crippen LogP contribution in [-0.2, 0) is 20.8 Å². The molecule has 4 rings (SSSR count). The minimum absolute atomic E-state index is 0.0619. The Hall–Kier alpha value is -3.03. The second kappa shape index (κ2) is 10.5. The van der Waals surface area contributed by atoms with Crippen molar-refractivity contribution in [2.24, 2.45) is 5.92 Å². The highest BCUT2D eigenvalue weighted by Gasteiger charge is 2.38. The van der Waals surface area contributed by atoms with E-state index < -0.39 is 6.29 Å². The van der Waals surface area contributed by atoms with Gasteiger partial charge in [-0.3, -0.25) is 4.79 Å². The number of amides is 1. The van der Waals surface area contributed by atoms with Crippen molar-refractivity contribution in [2.45, 2.75) is 38.5 Å². The summed E-state index contributed by atoms with van der Waals surface area (Å²) in [5.74, 6) is 1.14. The van der Waals surface area contributed by atoms with E-state index in [1.807, 2.05) is 61.5 Å². The van der Waals surface area contributed by atoms with Gasteiger partial charge in [0.15, 0.2) is 17.3 Å². The monoisotopic (exact) mass is 439 g/mol. The molecule has 2 N–H and O–H groups in total. The van der Waals surface area contributed by atoms with E-state index >= 15 is 0 Å². The number of aliphatic hydroxyl groups excluding tert-OH is 1. The van der Waals surface area contributed by atoms with Crippen LogP contribution in [0.2, 0.25) is 0 Å². The summed E-state index contributed by atoms with van der Waals surface area (Å²) in [4.78, 5) is 13.0. The third-order valence-corrected chi connectivity index (χ3v) is 5.71. The van der Waals surface area contributed by atoms with Crippen molar-refractivity contribution in [3.05, 3.63) is 71.5 Å². The fourth-order valence-corrected chi connectivity index (χ4v) is 4.13. The van der Waals surface area contributed by atoms with E-state index in [-0.39, 0.29) is 36.9 Å². The van der Waals surface area contributed by atoms with E-state index in [1.165, 1.54) is 0 Å². The maximum Gasteiger partial charge on any atom is 0.286 e. The number of hydrogen-bond donors (Lipinski definition) is 2. The maximum absolute atomic E-state index is 13.0. The Kier molecular flexibility index (Phi) is 7.29. The van der Waals surface area contributed by atoms with Gasteiger partial charge in [0.1, 0.15) is 0 Å². The fourth-order valence-electron chi connectivity index (χ4n) is 4.13. The molecule has 2 aromatic rings. The molecule has 0 spiro atoms. The normalized spacial score (nSPS) is 21.6. The Bertz CT molecular complexity index is 945. The summed E-state index contributed by atoms with van der Waals surface area (Å²) < 4.78 is 22.9. The summed E-state index contributed by atoms with van der Waals surface area (Å²) >= 11 is 0. The number of carbonyl (C=O) groups excluding carboxylic acids is 1. The fraction of sp³-hybridized carbons (Fsp3) is 0.400. The van der Waals surface area contributed by atoms with Crippen molar-refractivity contribution >= 4 is 5.91 Å². The van der Waals surface area contributed by atoms with E-state index in [4.69, 9.17) is 18.9 Å². The molecule has 0 radical (unpaired) electrons. The van der Waals surface area contributed by atoms with Crippen LogP contribution >= 0.6 is 0 Å². The zero-order valence-corrected chi connectivity index (χ0v) is 18.2. The van der Waals surface area contributed by atoms with Crippen LogP contribution in [0.1, 0.15) is 36.8 Å². The third kappa shape index (κ3) is 5.06. The molecule has 0 aliphatic carbocycles. The average Bonchev–Trinajstić information content (AvgIpc) is 3.30. The Morgan fingerprint density at radius 1 is 1.16 bits per heavy atom. The Labute approximate surface area is 187 Å². The summed E-state index contributed by atoms with van der Waals surface area (Å²) in [7, 11) is 0.